The predicted octanol–water partition coefficient (Wildman–Crippen LogP) is 2.47. The van der Waals surface area contributed by atoms with Gasteiger partial charge < -0.3 is 33.2 Å². The number of carbonyl (C=O) groups is 5. The molecule has 0 aliphatic carbocycles. The van der Waals surface area contributed by atoms with Gasteiger partial charge >= 0.3 is 23.9 Å². The van der Waals surface area contributed by atoms with Crippen molar-refractivity contribution in [3.05, 3.63) is 65.7 Å². The maximum absolute atomic E-state index is 12.7. The molecule has 2 aromatic rings. The Morgan fingerprint density at radius 1 is 0.683 bits per heavy atom. The molecule has 0 N–H and O–H groups in total. The Morgan fingerprint density at radius 3 is 1.85 bits per heavy atom. The smallest absolute Gasteiger partial charge is 0.303 e. The zero-order valence-corrected chi connectivity index (χ0v) is 22.8. The number of ether oxygens (including phenoxy) is 7. The maximum Gasteiger partial charge on any atom is 0.303 e. The van der Waals surface area contributed by atoms with Crippen LogP contribution in [0.25, 0.3) is 0 Å². The highest BCUT2D eigenvalue weighted by molar-refractivity contribution is 6.01. The second-order valence-electron chi connectivity index (χ2n) is 9.46. The summed E-state index contributed by atoms with van der Waals surface area (Å²) in [7, 11) is 0. The molecule has 2 aromatic carbocycles. The molecule has 7 atom stereocenters. The van der Waals surface area contributed by atoms with Crippen LogP contribution in [0, 0.1) is 0 Å². The van der Waals surface area contributed by atoms with Gasteiger partial charge in [0.15, 0.2) is 24.1 Å². The number of rotatable bonds is 10. The topological polar surface area (TPSA) is 153 Å². The second kappa shape index (κ2) is 12.9. The molecule has 0 bridgehead atoms. The summed E-state index contributed by atoms with van der Waals surface area (Å²) in [5, 5.41) is 0. The third-order valence-corrected chi connectivity index (χ3v) is 6.22. The van der Waals surface area contributed by atoms with Crippen molar-refractivity contribution in [1.82, 2.24) is 0 Å². The van der Waals surface area contributed by atoms with Crippen LogP contribution < -0.4 is 4.74 Å². The van der Waals surface area contributed by atoms with Gasteiger partial charge in [-0.3, -0.25) is 24.0 Å². The van der Waals surface area contributed by atoms with Crippen LogP contribution >= 0.6 is 0 Å². The van der Waals surface area contributed by atoms with E-state index in [1.807, 2.05) is 6.07 Å². The lowest BCUT2D eigenvalue weighted by atomic mass is 9.98. The molecule has 2 aliphatic rings. The largest absolute Gasteiger partial charge is 0.463 e. The summed E-state index contributed by atoms with van der Waals surface area (Å²) in [5.74, 6) is -2.67. The van der Waals surface area contributed by atoms with E-state index in [0.717, 1.165) is 26.3 Å². The van der Waals surface area contributed by atoms with Gasteiger partial charge in [-0.15, -0.1) is 0 Å². The molecule has 0 spiro atoms. The molecule has 4 rings (SSSR count). The minimum atomic E-state index is -1.36. The molecule has 2 fully saturated rings. The fourth-order valence-corrected chi connectivity index (χ4v) is 4.49. The van der Waals surface area contributed by atoms with E-state index in [2.05, 4.69) is 0 Å². The molecule has 218 valence electrons. The average molecular weight is 571 g/mol. The van der Waals surface area contributed by atoms with Gasteiger partial charge in [-0.2, -0.15) is 0 Å². The van der Waals surface area contributed by atoms with Gasteiger partial charge in [0.05, 0.1) is 0 Å². The highest BCUT2D eigenvalue weighted by Gasteiger charge is 2.53. The molecule has 12 heteroatoms. The molecule has 0 unspecified atom stereocenters. The predicted molar refractivity (Wildman–Crippen MR) is 137 cm³/mol. The summed E-state index contributed by atoms with van der Waals surface area (Å²) in [6, 6.07) is 15.5. The summed E-state index contributed by atoms with van der Waals surface area (Å²) in [5.41, 5.74) is 1.30. The summed E-state index contributed by atoms with van der Waals surface area (Å²) < 4.78 is 38.8. The molecule has 0 saturated carbocycles. The summed E-state index contributed by atoms with van der Waals surface area (Å²) in [6.45, 7) is 4.24. The van der Waals surface area contributed by atoms with Gasteiger partial charge in [0, 0.05) is 33.3 Å². The molecule has 2 saturated heterocycles. The van der Waals surface area contributed by atoms with E-state index in [-0.39, 0.29) is 18.1 Å². The first-order chi connectivity index (χ1) is 19.5. The highest BCUT2D eigenvalue weighted by atomic mass is 16.7. The van der Waals surface area contributed by atoms with Crippen LogP contribution in [0.3, 0.4) is 0 Å². The molecule has 41 heavy (non-hydrogen) atoms. The Bertz CT molecular complexity index is 1270. The fraction of sp³-hybridized carbons (Fsp3) is 0.414. The fourth-order valence-electron chi connectivity index (χ4n) is 4.49. The first-order valence-corrected chi connectivity index (χ1v) is 12.8. The maximum atomic E-state index is 12.7. The molecule has 0 amide bonds. The molecule has 2 heterocycles. The summed E-state index contributed by atoms with van der Waals surface area (Å²) >= 11 is 0. The van der Waals surface area contributed by atoms with Gasteiger partial charge in [-0.1, -0.05) is 42.5 Å². The zero-order valence-electron chi connectivity index (χ0n) is 22.8. The second-order valence-corrected chi connectivity index (χ2v) is 9.46. The van der Waals surface area contributed by atoms with Crippen LogP contribution in [0.5, 0.6) is 5.75 Å². The van der Waals surface area contributed by atoms with E-state index in [4.69, 9.17) is 33.2 Å². The van der Waals surface area contributed by atoms with Gasteiger partial charge in [-0.05, 0) is 17.7 Å². The number of carbonyl (C=O) groups excluding carboxylic acids is 5. The van der Waals surface area contributed by atoms with Crippen LogP contribution in [0.1, 0.15) is 49.7 Å². The highest BCUT2D eigenvalue weighted by Crippen LogP contribution is 2.41. The summed E-state index contributed by atoms with van der Waals surface area (Å²) in [4.78, 5) is 60.0. The number of esters is 4. The van der Waals surface area contributed by atoms with E-state index in [0.29, 0.717) is 5.56 Å². The molecule has 0 radical (unpaired) electrons. The molecule has 2 aliphatic heterocycles. The van der Waals surface area contributed by atoms with Gasteiger partial charge in [0.25, 0.3) is 0 Å². The summed E-state index contributed by atoms with van der Waals surface area (Å²) in [6.07, 6.45) is -7.48. The van der Waals surface area contributed by atoms with E-state index in [1.54, 1.807) is 48.5 Å². The van der Waals surface area contributed by atoms with E-state index >= 15 is 0 Å². The average Bonchev–Trinajstić information content (AvgIpc) is 3.72. The van der Waals surface area contributed by atoms with Gasteiger partial charge in [0.1, 0.15) is 24.6 Å². The van der Waals surface area contributed by atoms with Crippen molar-refractivity contribution in [2.75, 3.05) is 6.61 Å². The van der Waals surface area contributed by atoms with E-state index in [1.165, 1.54) is 6.92 Å². The SMILES string of the molecule is CC(=O)OC[C@H]1O[C@@H](Oc2ccc([C@@H]3O[C@H]3C(=O)c3ccccc3)cc2)[C@H](OC(C)=O)[C@@H](OC(C)=O)[C@@H]1OC(C)=O. The normalized spacial score (nSPS) is 26.7. The number of Topliss-reactive ketones (excluding diaryl/α,β-unsaturated/α-hetero) is 1. The lowest BCUT2D eigenvalue weighted by Crippen LogP contribution is -2.63. The molecule has 12 nitrogen and oxygen atoms in total. The minimum absolute atomic E-state index is 0.117. The van der Waals surface area contributed by atoms with Crippen molar-refractivity contribution in [3.8, 4) is 5.75 Å². The standard InChI is InChI=1S/C29H30O12/c1-15(30)35-14-22-25(36-16(2)31)27(37-17(3)32)28(38-18(4)33)29(40-22)39-21-12-10-20(11-13-21)24-26(41-24)23(34)19-8-6-5-7-9-19/h5-13,22,24-29H,14H2,1-4H3/t22-,24+,25-,26+,27+,28-,29-/m1/s1. The van der Waals surface area contributed by atoms with E-state index < -0.39 is 66.8 Å². The molecule has 0 aromatic heterocycles. The Hall–Kier alpha value is -4.29. The first-order valence-electron chi connectivity index (χ1n) is 12.8. The van der Waals surface area contributed by atoms with Crippen LogP contribution in [-0.4, -0.2) is 73.1 Å². The Labute approximate surface area is 235 Å². The number of hydrogen-bond donors (Lipinski definition) is 0. The quantitative estimate of drug-likeness (QED) is 0.178. The van der Waals surface area contributed by atoms with Crippen molar-refractivity contribution < 1.29 is 57.1 Å². The van der Waals surface area contributed by atoms with Crippen LogP contribution in [0.15, 0.2) is 54.6 Å². The number of ketones is 1. The molecular weight excluding hydrogens is 540 g/mol. The van der Waals surface area contributed by atoms with Crippen molar-refractivity contribution >= 4 is 29.7 Å². The van der Waals surface area contributed by atoms with Crippen molar-refractivity contribution in [3.63, 3.8) is 0 Å². The minimum Gasteiger partial charge on any atom is -0.463 e. The third-order valence-electron chi connectivity index (χ3n) is 6.22. The van der Waals surface area contributed by atoms with Crippen LogP contribution in [-0.2, 0) is 47.6 Å². The van der Waals surface area contributed by atoms with Crippen molar-refractivity contribution in [2.24, 2.45) is 0 Å². The monoisotopic (exact) mass is 570 g/mol. The van der Waals surface area contributed by atoms with Crippen molar-refractivity contribution in [2.45, 2.75) is 70.6 Å². The third kappa shape index (κ3) is 7.68. The molecular formula is C29H30O12. The van der Waals surface area contributed by atoms with Gasteiger partial charge in [-0.25, -0.2) is 0 Å². The Balaban J connectivity index is 1.54. The Kier molecular flexibility index (Phi) is 9.35. The Morgan fingerprint density at radius 2 is 1.27 bits per heavy atom. The van der Waals surface area contributed by atoms with Crippen LogP contribution in [0.4, 0.5) is 0 Å². The first kappa shape index (κ1) is 29.7. The van der Waals surface area contributed by atoms with E-state index in [9.17, 15) is 24.0 Å². The van der Waals surface area contributed by atoms with Crippen LogP contribution in [0.2, 0.25) is 0 Å². The van der Waals surface area contributed by atoms with Gasteiger partial charge in [0.2, 0.25) is 12.4 Å². The lowest BCUT2D eigenvalue weighted by molar-refractivity contribution is -0.288. The van der Waals surface area contributed by atoms with Crippen molar-refractivity contribution in [1.29, 1.82) is 0 Å². The number of benzene rings is 2. The zero-order chi connectivity index (χ0) is 29.7. The number of epoxide rings is 1. The lowest BCUT2D eigenvalue weighted by Gasteiger charge is -2.43. The number of hydrogen-bond acceptors (Lipinski definition) is 12.